The molecule has 2 aliphatic rings. The summed E-state index contributed by atoms with van der Waals surface area (Å²) in [6.45, 7) is 2.83. The molecule has 3 aromatic rings. The van der Waals surface area contributed by atoms with Crippen molar-refractivity contribution in [2.45, 2.75) is 19.9 Å². The molecule has 0 fully saturated rings. The van der Waals surface area contributed by atoms with Crippen LogP contribution in [0.25, 0.3) is 22.0 Å². The van der Waals surface area contributed by atoms with E-state index in [4.69, 9.17) is 28.4 Å². The molecule has 0 bridgehead atoms. The Labute approximate surface area is 191 Å². The lowest BCUT2D eigenvalue weighted by molar-refractivity contribution is -0.686. The highest BCUT2D eigenvalue weighted by Crippen LogP contribution is 2.46. The van der Waals surface area contributed by atoms with E-state index in [1.165, 1.54) is 0 Å². The van der Waals surface area contributed by atoms with E-state index in [9.17, 15) is 4.79 Å². The fraction of sp³-hybridized carbons (Fsp3) is 0.304. The standard InChI is InChI=1S/C23H22NO7.ClH/c1-4-28-23(25)31-22-14-5-6-17(26-2)21(27-3)16(14)11-24-8-7-13-9-18-19(30-12-29-18)10-15(13)20(22)24;/h5-6,9-11H,4,7-8,12H2,1-3H3;1H/q+1;/p-1. The van der Waals surface area contributed by atoms with Crippen LogP contribution in [0.5, 0.6) is 28.7 Å². The number of benzene rings is 2. The number of hydrogen-bond acceptors (Lipinski definition) is 7. The number of carbonyl (C=O) groups is 1. The van der Waals surface area contributed by atoms with Crippen molar-refractivity contribution < 1.29 is 50.2 Å². The average Bonchev–Trinajstić information content (AvgIpc) is 3.23. The highest BCUT2D eigenvalue weighted by atomic mass is 35.5. The molecule has 0 saturated carbocycles. The van der Waals surface area contributed by atoms with Crippen LogP contribution >= 0.6 is 0 Å². The summed E-state index contributed by atoms with van der Waals surface area (Å²) in [7, 11) is 3.17. The second-order valence-corrected chi connectivity index (χ2v) is 7.16. The van der Waals surface area contributed by atoms with E-state index in [1.54, 1.807) is 27.2 Å². The highest BCUT2D eigenvalue weighted by Gasteiger charge is 2.34. The number of hydrogen-bond donors (Lipinski definition) is 0. The van der Waals surface area contributed by atoms with Gasteiger partial charge < -0.3 is 40.8 Å². The molecule has 0 unspecified atom stereocenters. The van der Waals surface area contributed by atoms with Gasteiger partial charge in [0.15, 0.2) is 35.7 Å². The lowest BCUT2D eigenvalue weighted by Gasteiger charge is -2.20. The first-order valence-corrected chi connectivity index (χ1v) is 10.0. The van der Waals surface area contributed by atoms with Crippen molar-refractivity contribution in [3.05, 3.63) is 36.0 Å². The Hall–Kier alpha value is -3.39. The molecule has 0 spiro atoms. The fourth-order valence-electron chi connectivity index (χ4n) is 4.19. The third-order valence-electron chi connectivity index (χ3n) is 5.54. The van der Waals surface area contributed by atoms with Crippen LogP contribution in [0.4, 0.5) is 4.79 Å². The third kappa shape index (κ3) is 3.40. The molecule has 0 aliphatic carbocycles. The predicted octanol–water partition coefficient (Wildman–Crippen LogP) is 0.636. The van der Waals surface area contributed by atoms with Crippen molar-refractivity contribution in [3.63, 3.8) is 0 Å². The molecule has 32 heavy (non-hydrogen) atoms. The van der Waals surface area contributed by atoms with Gasteiger partial charge in [-0.05, 0) is 36.8 Å². The lowest BCUT2D eigenvalue weighted by atomic mass is 9.94. The topological polar surface area (TPSA) is 76.3 Å². The van der Waals surface area contributed by atoms with Crippen LogP contribution in [0.2, 0.25) is 0 Å². The van der Waals surface area contributed by atoms with Gasteiger partial charge in [0, 0.05) is 11.8 Å². The summed E-state index contributed by atoms with van der Waals surface area (Å²) in [5, 5.41) is 1.48. The Kier molecular flexibility index (Phi) is 5.88. The number of halogens is 1. The van der Waals surface area contributed by atoms with Crippen molar-refractivity contribution in [3.8, 4) is 40.0 Å². The first-order chi connectivity index (χ1) is 15.1. The van der Waals surface area contributed by atoms with Gasteiger partial charge in [-0.15, -0.1) is 0 Å². The second-order valence-electron chi connectivity index (χ2n) is 7.16. The van der Waals surface area contributed by atoms with Gasteiger partial charge in [-0.3, -0.25) is 0 Å². The predicted molar refractivity (Wildman–Crippen MR) is 110 cm³/mol. The molecule has 8 nitrogen and oxygen atoms in total. The summed E-state index contributed by atoms with van der Waals surface area (Å²) in [4.78, 5) is 12.4. The maximum atomic E-state index is 12.4. The van der Waals surface area contributed by atoms with Crippen LogP contribution in [0.15, 0.2) is 30.5 Å². The number of methoxy groups -OCH3 is 2. The molecule has 0 saturated heterocycles. The molecule has 0 amide bonds. The average molecular weight is 460 g/mol. The molecule has 0 radical (unpaired) electrons. The lowest BCUT2D eigenvalue weighted by Crippen LogP contribution is -3.00. The molecular formula is C23H22ClNO7. The first-order valence-electron chi connectivity index (χ1n) is 10.0. The zero-order valence-corrected chi connectivity index (χ0v) is 18.7. The molecule has 3 heterocycles. The molecule has 0 N–H and O–H groups in total. The summed E-state index contributed by atoms with van der Waals surface area (Å²) in [5.74, 6) is 2.96. The zero-order chi connectivity index (χ0) is 21.5. The van der Waals surface area contributed by atoms with E-state index in [0.717, 1.165) is 34.4 Å². The van der Waals surface area contributed by atoms with E-state index in [0.29, 0.717) is 34.9 Å². The van der Waals surface area contributed by atoms with E-state index in [-0.39, 0.29) is 25.8 Å². The Morgan fingerprint density at radius 2 is 1.84 bits per heavy atom. The largest absolute Gasteiger partial charge is 1.00 e. The van der Waals surface area contributed by atoms with E-state index < -0.39 is 6.16 Å². The number of rotatable bonds is 4. The number of pyridine rings is 1. The van der Waals surface area contributed by atoms with E-state index >= 15 is 0 Å². The van der Waals surface area contributed by atoms with Gasteiger partial charge in [0.25, 0.3) is 5.69 Å². The maximum Gasteiger partial charge on any atom is 0.514 e. The summed E-state index contributed by atoms with van der Waals surface area (Å²) < 4.78 is 35.1. The highest BCUT2D eigenvalue weighted by molar-refractivity contribution is 5.98. The second kappa shape index (κ2) is 8.63. The number of ether oxygens (including phenoxy) is 6. The number of carbonyl (C=O) groups excluding carboxylic acids is 1. The Bertz CT molecular complexity index is 1210. The Morgan fingerprint density at radius 1 is 1.06 bits per heavy atom. The van der Waals surface area contributed by atoms with Gasteiger partial charge in [-0.25, -0.2) is 4.79 Å². The van der Waals surface area contributed by atoms with Crippen LogP contribution in [0.1, 0.15) is 12.5 Å². The molecule has 2 aliphatic heterocycles. The van der Waals surface area contributed by atoms with E-state index in [2.05, 4.69) is 4.57 Å². The number of nitrogens with zero attached hydrogens (tertiary/aromatic N) is 1. The molecule has 5 rings (SSSR count). The normalized spacial score (nSPS) is 13.0. The van der Waals surface area contributed by atoms with Gasteiger partial charge in [-0.2, -0.15) is 4.57 Å². The molecule has 0 atom stereocenters. The number of aryl methyl sites for hydroxylation is 2. The maximum absolute atomic E-state index is 12.4. The Morgan fingerprint density at radius 3 is 2.56 bits per heavy atom. The van der Waals surface area contributed by atoms with Gasteiger partial charge in [-0.1, -0.05) is 0 Å². The van der Waals surface area contributed by atoms with Crippen LogP contribution in [-0.2, 0) is 17.7 Å². The van der Waals surface area contributed by atoms with Gasteiger partial charge in [0.05, 0.1) is 31.8 Å². The monoisotopic (exact) mass is 459 g/mol. The molecule has 9 heteroatoms. The van der Waals surface area contributed by atoms with Crippen LogP contribution < -0.4 is 40.7 Å². The molecular weight excluding hydrogens is 438 g/mol. The van der Waals surface area contributed by atoms with Gasteiger partial charge in [0.1, 0.15) is 0 Å². The fourth-order valence-corrected chi connectivity index (χ4v) is 4.19. The summed E-state index contributed by atoms with van der Waals surface area (Å²) in [5.41, 5.74) is 2.79. The minimum absolute atomic E-state index is 0. The number of aromatic nitrogens is 1. The third-order valence-corrected chi connectivity index (χ3v) is 5.54. The van der Waals surface area contributed by atoms with E-state index in [1.807, 2.05) is 24.4 Å². The van der Waals surface area contributed by atoms with Crippen molar-refractivity contribution >= 4 is 16.9 Å². The SMILES string of the molecule is CCOC(=O)Oc1c2[n+](cc3c(OC)c(OC)ccc13)CCc1cc3c(cc1-2)OCO3.[Cl-]. The van der Waals surface area contributed by atoms with Crippen molar-refractivity contribution in [2.75, 3.05) is 27.6 Å². The van der Waals surface area contributed by atoms with Gasteiger partial charge >= 0.3 is 6.16 Å². The van der Waals surface area contributed by atoms with Crippen molar-refractivity contribution in [1.29, 1.82) is 0 Å². The van der Waals surface area contributed by atoms with Crippen LogP contribution in [-0.4, -0.2) is 33.8 Å². The Balaban J connectivity index is 0.00000245. The molecule has 1 aromatic heterocycles. The minimum atomic E-state index is -0.763. The summed E-state index contributed by atoms with van der Waals surface area (Å²) in [6.07, 6.45) is 2.03. The summed E-state index contributed by atoms with van der Waals surface area (Å²) in [6, 6.07) is 7.58. The zero-order valence-electron chi connectivity index (χ0n) is 17.9. The minimum Gasteiger partial charge on any atom is -1.00 e. The van der Waals surface area contributed by atoms with Crippen LogP contribution in [0.3, 0.4) is 0 Å². The molecule has 168 valence electrons. The smallest absolute Gasteiger partial charge is 0.514 e. The van der Waals surface area contributed by atoms with Crippen molar-refractivity contribution in [2.24, 2.45) is 0 Å². The first kappa shape index (κ1) is 21.8. The molecule has 2 aromatic carbocycles. The quantitative estimate of drug-likeness (QED) is 0.418. The summed E-state index contributed by atoms with van der Waals surface area (Å²) >= 11 is 0. The van der Waals surface area contributed by atoms with Crippen molar-refractivity contribution in [1.82, 2.24) is 0 Å². The van der Waals surface area contributed by atoms with Crippen LogP contribution in [0, 0.1) is 0 Å². The van der Waals surface area contributed by atoms with Gasteiger partial charge in [0.2, 0.25) is 12.5 Å². The number of fused-ring (bicyclic) bond motifs is 5.